The van der Waals surface area contributed by atoms with Gasteiger partial charge >= 0.3 is 0 Å². The Morgan fingerprint density at radius 3 is 2.37 bits per heavy atom. The molecule has 1 aliphatic heterocycles. The van der Waals surface area contributed by atoms with Crippen molar-refractivity contribution in [2.24, 2.45) is 0 Å². The summed E-state index contributed by atoms with van der Waals surface area (Å²) in [6.45, 7) is 3.31. The van der Waals surface area contributed by atoms with Gasteiger partial charge in [0, 0.05) is 12.0 Å². The van der Waals surface area contributed by atoms with Gasteiger partial charge in [-0.3, -0.25) is 0 Å². The van der Waals surface area contributed by atoms with Gasteiger partial charge in [0.1, 0.15) is 0 Å². The van der Waals surface area contributed by atoms with Gasteiger partial charge in [0.15, 0.2) is 0 Å². The first-order valence-electron chi connectivity index (χ1n) is 7.25. The molecule has 1 heterocycles. The van der Waals surface area contributed by atoms with E-state index in [4.69, 9.17) is 0 Å². The largest absolute Gasteiger partial charge is 0.309 e. The predicted octanol–water partition coefficient (Wildman–Crippen LogP) is 4.07. The molecule has 0 radical (unpaired) electrons. The zero-order chi connectivity index (χ0) is 13.1. The van der Waals surface area contributed by atoms with E-state index < -0.39 is 0 Å². The van der Waals surface area contributed by atoms with E-state index in [2.05, 4.69) is 66.8 Å². The molecule has 2 atom stereocenters. The van der Waals surface area contributed by atoms with Crippen molar-refractivity contribution in [3.05, 3.63) is 71.3 Å². The van der Waals surface area contributed by atoms with Gasteiger partial charge in [0.05, 0.1) is 0 Å². The summed E-state index contributed by atoms with van der Waals surface area (Å²) in [7, 11) is 0. The SMILES string of the molecule is CCc1ccc(C2NCCC2c2ccccc2)cc1. The monoisotopic (exact) mass is 251 g/mol. The third kappa shape index (κ3) is 2.57. The minimum absolute atomic E-state index is 0.466. The standard InChI is InChI=1S/C18H21N/c1-2-14-8-10-16(11-9-14)18-17(12-13-19-18)15-6-4-3-5-7-15/h3-11,17-19H,2,12-13H2,1H3. The van der Waals surface area contributed by atoms with Crippen LogP contribution in [-0.2, 0) is 6.42 Å². The Morgan fingerprint density at radius 2 is 1.68 bits per heavy atom. The van der Waals surface area contributed by atoms with Crippen LogP contribution < -0.4 is 5.32 Å². The lowest BCUT2D eigenvalue weighted by Gasteiger charge is -2.20. The van der Waals surface area contributed by atoms with E-state index in [1.165, 1.54) is 23.1 Å². The van der Waals surface area contributed by atoms with E-state index in [-0.39, 0.29) is 0 Å². The zero-order valence-electron chi connectivity index (χ0n) is 11.5. The molecule has 2 aromatic carbocycles. The van der Waals surface area contributed by atoms with E-state index in [0.29, 0.717) is 12.0 Å². The first kappa shape index (κ1) is 12.4. The number of nitrogens with one attached hydrogen (secondary N) is 1. The summed E-state index contributed by atoms with van der Waals surface area (Å²) in [6, 6.07) is 20.5. The van der Waals surface area contributed by atoms with Gasteiger partial charge in [0.2, 0.25) is 0 Å². The van der Waals surface area contributed by atoms with Crippen LogP contribution in [0.15, 0.2) is 54.6 Å². The first-order chi connectivity index (χ1) is 9.38. The average Bonchev–Trinajstić information content (AvgIpc) is 2.98. The van der Waals surface area contributed by atoms with Gasteiger partial charge in [-0.05, 0) is 36.1 Å². The van der Waals surface area contributed by atoms with Gasteiger partial charge in [-0.2, -0.15) is 0 Å². The maximum absolute atomic E-state index is 3.66. The molecular weight excluding hydrogens is 230 g/mol. The van der Waals surface area contributed by atoms with Gasteiger partial charge < -0.3 is 5.32 Å². The van der Waals surface area contributed by atoms with Crippen LogP contribution >= 0.6 is 0 Å². The second-order valence-corrected chi connectivity index (χ2v) is 5.33. The maximum Gasteiger partial charge on any atom is 0.0390 e. The van der Waals surface area contributed by atoms with Crippen molar-refractivity contribution >= 4 is 0 Å². The topological polar surface area (TPSA) is 12.0 Å². The number of rotatable bonds is 3. The zero-order valence-corrected chi connectivity index (χ0v) is 11.5. The maximum atomic E-state index is 3.66. The fourth-order valence-corrected chi connectivity index (χ4v) is 3.07. The smallest absolute Gasteiger partial charge is 0.0390 e. The van der Waals surface area contributed by atoms with Crippen molar-refractivity contribution in [1.82, 2.24) is 5.32 Å². The number of aryl methyl sites for hydroxylation is 1. The van der Waals surface area contributed by atoms with E-state index in [9.17, 15) is 0 Å². The Balaban J connectivity index is 1.86. The summed E-state index contributed by atoms with van der Waals surface area (Å²) in [5, 5.41) is 3.66. The minimum Gasteiger partial charge on any atom is -0.309 e. The lowest BCUT2D eigenvalue weighted by atomic mass is 9.87. The molecule has 1 aliphatic rings. The summed E-state index contributed by atoms with van der Waals surface area (Å²) in [4.78, 5) is 0. The molecule has 1 heteroatoms. The molecule has 1 nitrogen and oxygen atoms in total. The highest BCUT2D eigenvalue weighted by Crippen LogP contribution is 2.37. The first-order valence-corrected chi connectivity index (χ1v) is 7.25. The second kappa shape index (κ2) is 5.58. The Bertz CT molecular complexity index is 515. The third-order valence-electron chi connectivity index (χ3n) is 4.20. The molecule has 1 saturated heterocycles. The molecule has 0 saturated carbocycles. The molecule has 0 aromatic heterocycles. The lowest BCUT2D eigenvalue weighted by molar-refractivity contribution is 0.578. The van der Waals surface area contributed by atoms with E-state index in [1.54, 1.807) is 0 Å². The normalized spacial score (nSPS) is 22.6. The molecule has 0 spiro atoms. The molecule has 0 amide bonds. The van der Waals surface area contributed by atoms with Crippen LogP contribution in [0.2, 0.25) is 0 Å². The third-order valence-corrected chi connectivity index (χ3v) is 4.20. The Labute approximate surface area is 115 Å². The molecule has 0 aliphatic carbocycles. The predicted molar refractivity (Wildman–Crippen MR) is 80.4 cm³/mol. The van der Waals surface area contributed by atoms with E-state index >= 15 is 0 Å². The van der Waals surface area contributed by atoms with Crippen LogP contribution in [0.1, 0.15) is 42.0 Å². The quantitative estimate of drug-likeness (QED) is 0.867. The molecular formula is C18H21N. The lowest BCUT2D eigenvalue weighted by Crippen LogP contribution is -2.17. The summed E-state index contributed by atoms with van der Waals surface area (Å²) in [5.41, 5.74) is 4.29. The molecule has 0 bridgehead atoms. The highest BCUT2D eigenvalue weighted by molar-refractivity contribution is 5.31. The number of benzene rings is 2. The van der Waals surface area contributed by atoms with Gasteiger partial charge in [0.25, 0.3) is 0 Å². The highest BCUT2D eigenvalue weighted by atomic mass is 15.0. The molecule has 19 heavy (non-hydrogen) atoms. The Kier molecular flexibility index (Phi) is 3.65. The van der Waals surface area contributed by atoms with Crippen LogP contribution in [0.3, 0.4) is 0 Å². The van der Waals surface area contributed by atoms with Gasteiger partial charge in [-0.1, -0.05) is 61.5 Å². The fourth-order valence-electron chi connectivity index (χ4n) is 3.07. The fraction of sp³-hybridized carbons (Fsp3) is 0.333. The van der Waals surface area contributed by atoms with Crippen LogP contribution in [-0.4, -0.2) is 6.54 Å². The van der Waals surface area contributed by atoms with Gasteiger partial charge in [-0.15, -0.1) is 0 Å². The number of hydrogen-bond donors (Lipinski definition) is 1. The molecule has 98 valence electrons. The summed E-state index contributed by atoms with van der Waals surface area (Å²) in [6.07, 6.45) is 2.34. The van der Waals surface area contributed by atoms with Crippen LogP contribution in [0.4, 0.5) is 0 Å². The summed E-state index contributed by atoms with van der Waals surface area (Å²) >= 11 is 0. The Hall–Kier alpha value is -1.60. The van der Waals surface area contributed by atoms with Crippen molar-refractivity contribution in [2.75, 3.05) is 6.54 Å². The summed E-state index contributed by atoms with van der Waals surface area (Å²) in [5.74, 6) is 0.605. The highest BCUT2D eigenvalue weighted by Gasteiger charge is 2.29. The van der Waals surface area contributed by atoms with E-state index in [1.807, 2.05) is 0 Å². The van der Waals surface area contributed by atoms with Crippen LogP contribution in [0.5, 0.6) is 0 Å². The summed E-state index contributed by atoms with van der Waals surface area (Å²) < 4.78 is 0. The average molecular weight is 251 g/mol. The van der Waals surface area contributed by atoms with Crippen molar-refractivity contribution < 1.29 is 0 Å². The molecule has 2 unspecified atom stereocenters. The molecule has 1 N–H and O–H groups in total. The van der Waals surface area contributed by atoms with E-state index in [0.717, 1.165) is 13.0 Å². The Morgan fingerprint density at radius 1 is 0.947 bits per heavy atom. The van der Waals surface area contributed by atoms with Crippen LogP contribution in [0.25, 0.3) is 0 Å². The van der Waals surface area contributed by atoms with Crippen LogP contribution in [0, 0.1) is 0 Å². The van der Waals surface area contributed by atoms with Crippen molar-refractivity contribution in [3.63, 3.8) is 0 Å². The number of hydrogen-bond acceptors (Lipinski definition) is 1. The van der Waals surface area contributed by atoms with Crippen molar-refractivity contribution in [3.8, 4) is 0 Å². The minimum atomic E-state index is 0.466. The van der Waals surface area contributed by atoms with Crippen molar-refractivity contribution in [1.29, 1.82) is 0 Å². The van der Waals surface area contributed by atoms with Crippen molar-refractivity contribution in [2.45, 2.75) is 31.7 Å². The molecule has 2 aromatic rings. The van der Waals surface area contributed by atoms with Gasteiger partial charge in [-0.25, -0.2) is 0 Å². The molecule has 1 fully saturated rings. The molecule has 3 rings (SSSR count). The second-order valence-electron chi connectivity index (χ2n) is 5.33.